The van der Waals surface area contributed by atoms with Crippen LogP contribution in [0.5, 0.6) is 0 Å². The van der Waals surface area contributed by atoms with Gasteiger partial charge in [-0.15, -0.1) is 0 Å². The summed E-state index contributed by atoms with van der Waals surface area (Å²) < 4.78 is 27.8. The van der Waals surface area contributed by atoms with Crippen LogP contribution in [-0.4, -0.2) is 37.6 Å². The van der Waals surface area contributed by atoms with E-state index in [0.717, 1.165) is 0 Å². The quantitative estimate of drug-likeness (QED) is 0.634. The van der Waals surface area contributed by atoms with E-state index >= 15 is 0 Å². The van der Waals surface area contributed by atoms with Gasteiger partial charge in [-0.2, -0.15) is 0 Å². The Hall–Kier alpha value is -1.96. The van der Waals surface area contributed by atoms with Crippen LogP contribution in [0.1, 0.15) is 13.8 Å². The zero-order valence-corrected chi connectivity index (χ0v) is 11.4. The molecule has 0 saturated carbocycles. The number of amides is 1. The third-order valence-corrected chi connectivity index (χ3v) is 3.87. The van der Waals surface area contributed by atoms with Crippen LogP contribution in [0.25, 0.3) is 0 Å². The number of nitrogens with one attached hydrogen (secondary N) is 1. The predicted molar refractivity (Wildman–Crippen MR) is 67.2 cm³/mol. The van der Waals surface area contributed by atoms with E-state index in [4.69, 9.17) is 0 Å². The van der Waals surface area contributed by atoms with E-state index in [9.17, 15) is 18.0 Å². The molecule has 1 N–H and O–H groups in total. The molecule has 0 fully saturated rings. The van der Waals surface area contributed by atoms with E-state index in [2.05, 4.69) is 15.0 Å². The summed E-state index contributed by atoms with van der Waals surface area (Å²) in [6, 6.07) is 1.24. The van der Waals surface area contributed by atoms with Crippen molar-refractivity contribution in [3.63, 3.8) is 0 Å². The molecule has 1 aromatic heterocycles. The minimum Gasteiger partial charge on any atom is -0.459 e. The normalized spacial score (nSPS) is 10.8. The maximum atomic E-state index is 11.6. The third-order valence-electron chi connectivity index (χ3n) is 2.17. The van der Waals surface area contributed by atoms with E-state index in [1.54, 1.807) is 6.92 Å². The van der Waals surface area contributed by atoms with Gasteiger partial charge in [-0.25, -0.2) is 13.2 Å². The first-order valence-corrected chi connectivity index (χ1v) is 7.21. The monoisotopic (exact) mass is 286 g/mol. The van der Waals surface area contributed by atoms with Gasteiger partial charge in [0.2, 0.25) is 0 Å². The highest BCUT2D eigenvalue weighted by Gasteiger charge is 2.17. The van der Waals surface area contributed by atoms with Crippen molar-refractivity contribution in [1.82, 2.24) is 4.98 Å². The number of nitrogens with zero attached hydrogens (tertiary/aromatic N) is 1. The maximum Gasteiger partial charge on any atom is 0.397 e. The van der Waals surface area contributed by atoms with Crippen LogP contribution in [0.2, 0.25) is 0 Å². The molecule has 19 heavy (non-hydrogen) atoms. The fourth-order valence-electron chi connectivity index (χ4n) is 1.20. The fraction of sp³-hybridized carbons (Fsp3) is 0.364. The topological polar surface area (TPSA) is 102 Å². The molecule has 7 nitrogen and oxygen atoms in total. The molecule has 1 rings (SSSR count). The van der Waals surface area contributed by atoms with Gasteiger partial charge in [-0.1, -0.05) is 6.92 Å². The Balaban J connectivity index is 2.90. The summed E-state index contributed by atoms with van der Waals surface area (Å²) in [6.45, 7) is 3.15. The molecule has 0 saturated heterocycles. The van der Waals surface area contributed by atoms with E-state index in [1.807, 2.05) is 0 Å². The molecule has 0 aliphatic rings. The highest BCUT2D eigenvalue weighted by atomic mass is 32.2. The molecule has 1 heterocycles. The largest absolute Gasteiger partial charge is 0.459 e. The van der Waals surface area contributed by atoms with Crippen molar-refractivity contribution in [3.8, 4) is 0 Å². The van der Waals surface area contributed by atoms with Crippen molar-refractivity contribution >= 4 is 27.4 Å². The average Bonchev–Trinajstić information content (AvgIpc) is 2.39. The molecule has 0 aliphatic heterocycles. The Kier molecular flexibility index (Phi) is 4.99. The lowest BCUT2D eigenvalue weighted by Crippen LogP contribution is -2.25. The molecular weight excluding hydrogens is 272 g/mol. The number of aromatic nitrogens is 1. The second kappa shape index (κ2) is 6.28. The summed E-state index contributed by atoms with van der Waals surface area (Å²) in [5.74, 6) is -2.09. The average molecular weight is 286 g/mol. The molecule has 0 bridgehead atoms. The van der Waals surface area contributed by atoms with Crippen molar-refractivity contribution in [1.29, 1.82) is 0 Å². The highest BCUT2D eigenvalue weighted by Crippen LogP contribution is 2.14. The molecular formula is C11H14N2O5S. The van der Waals surface area contributed by atoms with Crippen molar-refractivity contribution in [3.05, 3.63) is 18.5 Å². The molecule has 8 heteroatoms. The van der Waals surface area contributed by atoms with Crippen molar-refractivity contribution < 1.29 is 22.7 Å². The zero-order chi connectivity index (χ0) is 14.5. The summed E-state index contributed by atoms with van der Waals surface area (Å²) in [4.78, 5) is 26.2. The molecule has 0 radical (unpaired) electrons. The number of hydrogen-bond donors (Lipinski definition) is 1. The van der Waals surface area contributed by atoms with E-state index in [1.165, 1.54) is 25.4 Å². The van der Waals surface area contributed by atoms with Gasteiger partial charge in [-0.05, 0) is 13.0 Å². The van der Waals surface area contributed by atoms with Crippen LogP contribution in [0.3, 0.4) is 0 Å². The minimum absolute atomic E-state index is 0.0170. The number of ether oxygens (including phenoxy) is 1. The number of hydrogen-bond acceptors (Lipinski definition) is 6. The number of sulfone groups is 1. The number of rotatable bonds is 4. The van der Waals surface area contributed by atoms with Crippen LogP contribution < -0.4 is 5.32 Å². The van der Waals surface area contributed by atoms with Gasteiger partial charge in [0.15, 0.2) is 9.84 Å². The van der Waals surface area contributed by atoms with Crippen molar-refractivity contribution in [2.24, 2.45) is 0 Å². The lowest BCUT2D eigenvalue weighted by atomic mass is 10.4. The summed E-state index contributed by atoms with van der Waals surface area (Å²) in [5, 5.41) is 2.22. The molecule has 1 amide bonds. The minimum atomic E-state index is -3.42. The molecule has 0 atom stereocenters. The molecule has 1 aromatic rings. The first kappa shape index (κ1) is 15.1. The molecule has 0 aliphatic carbocycles. The second-order valence-corrected chi connectivity index (χ2v) is 5.77. The van der Waals surface area contributed by atoms with E-state index < -0.39 is 21.7 Å². The Bertz CT molecular complexity index is 583. The fourth-order valence-corrected chi connectivity index (χ4v) is 2.06. The van der Waals surface area contributed by atoms with Gasteiger partial charge in [0.25, 0.3) is 0 Å². The Morgan fingerprint density at radius 3 is 2.58 bits per heavy atom. The lowest BCUT2D eigenvalue weighted by molar-refractivity contribution is -0.152. The standard InChI is InChI=1S/C11H14N2O5S/c1-3-18-11(15)10(14)13-8-5-9(7-12-6-8)19(16,17)4-2/h5-7H,3-4H2,1-2H3,(H,13,14). The Morgan fingerprint density at radius 1 is 1.32 bits per heavy atom. The van der Waals surface area contributed by atoms with Crippen molar-refractivity contribution in [2.75, 3.05) is 17.7 Å². The van der Waals surface area contributed by atoms with Crippen LogP contribution in [0.4, 0.5) is 5.69 Å². The third kappa shape index (κ3) is 4.02. The number of anilines is 1. The van der Waals surface area contributed by atoms with Gasteiger partial charge in [0.05, 0.1) is 29.1 Å². The lowest BCUT2D eigenvalue weighted by Gasteiger charge is -2.06. The molecule has 0 aromatic carbocycles. The number of carbonyl (C=O) groups is 2. The maximum absolute atomic E-state index is 11.6. The van der Waals surface area contributed by atoms with Crippen LogP contribution in [0.15, 0.2) is 23.4 Å². The van der Waals surface area contributed by atoms with Gasteiger partial charge in [-0.3, -0.25) is 9.78 Å². The number of carbonyl (C=O) groups excluding carboxylic acids is 2. The zero-order valence-electron chi connectivity index (χ0n) is 10.5. The van der Waals surface area contributed by atoms with E-state index in [0.29, 0.717) is 0 Å². The first-order chi connectivity index (χ1) is 8.90. The smallest absolute Gasteiger partial charge is 0.397 e. The van der Waals surface area contributed by atoms with Crippen LogP contribution >= 0.6 is 0 Å². The van der Waals surface area contributed by atoms with Gasteiger partial charge in [0.1, 0.15) is 0 Å². The molecule has 0 spiro atoms. The Morgan fingerprint density at radius 2 is 2.00 bits per heavy atom. The molecule has 0 unspecified atom stereocenters. The SMILES string of the molecule is CCOC(=O)C(=O)Nc1cncc(S(=O)(=O)CC)c1. The predicted octanol–water partition coefficient (Wildman–Crippen LogP) is 0.377. The summed E-state index contributed by atoms with van der Waals surface area (Å²) in [7, 11) is -3.42. The van der Waals surface area contributed by atoms with Crippen molar-refractivity contribution in [2.45, 2.75) is 18.7 Å². The summed E-state index contributed by atoms with van der Waals surface area (Å²) >= 11 is 0. The molecule has 104 valence electrons. The Labute approximate surface area is 110 Å². The van der Waals surface area contributed by atoms with Crippen LogP contribution in [-0.2, 0) is 24.2 Å². The van der Waals surface area contributed by atoms with E-state index in [-0.39, 0.29) is 22.9 Å². The van der Waals surface area contributed by atoms with Gasteiger partial charge >= 0.3 is 11.9 Å². The van der Waals surface area contributed by atoms with Gasteiger partial charge in [0, 0.05) is 6.20 Å². The van der Waals surface area contributed by atoms with Gasteiger partial charge < -0.3 is 10.1 Å². The highest BCUT2D eigenvalue weighted by molar-refractivity contribution is 7.91. The van der Waals surface area contributed by atoms with Crippen LogP contribution in [0, 0.1) is 0 Å². The second-order valence-electron chi connectivity index (χ2n) is 3.49. The summed E-state index contributed by atoms with van der Waals surface area (Å²) in [6.07, 6.45) is 2.42. The number of esters is 1. The number of pyridine rings is 1. The summed E-state index contributed by atoms with van der Waals surface area (Å²) in [5.41, 5.74) is 0.118. The first-order valence-electron chi connectivity index (χ1n) is 5.56.